The lowest BCUT2D eigenvalue weighted by molar-refractivity contribution is -0.870. The molecule has 3 N–H and O–H groups in total. The number of phenolic OH excluding ortho intramolecular Hbond substituents is 1. The van der Waals surface area contributed by atoms with Crippen LogP contribution in [0.25, 0.3) is 0 Å². The van der Waals surface area contributed by atoms with Crippen LogP contribution in [0.4, 0.5) is 5.69 Å². The third kappa shape index (κ3) is 5.46. The molecule has 0 saturated carbocycles. The number of nitrogen functional groups attached to an aromatic ring is 1. The Hall–Kier alpha value is -3.10. The molecule has 0 bridgehead atoms. The smallest absolute Gasteiger partial charge is 0.202 e. The van der Waals surface area contributed by atoms with Crippen molar-refractivity contribution in [1.29, 1.82) is 0 Å². The fraction of sp³-hybridized carbons (Fsp3) is 0.440. The van der Waals surface area contributed by atoms with Crippen LogP contribution < -0.4 is 15.2 Å². The lowest BCUT2D eigenvalue weighted by atomic mass is 9.81. The van der Waals surface area contributed by atoms with E-state index in [0.717, 1.165) is 30.4 Å². The molecule has 0 saturated heterocycles. The minimum atomic E-state index is -0.496. The normalized spacial score (nSPS) is 13.2. The van der Waals surface area contributed by atoms with Crippen LogP contribution in [-0.4, -0.2) is 87.6 Å². The van der Waals surface area contributed by atoms with Crippen molar-refractivity contribution in [3.8, 4) is 17.2 Å². The van der Waals surface area contributed by atoms with Crippen LogP contribution in [0.15, 0.2) is 24.3 Å². The summed E-state index contributed by atoms with van der Waals surface area (Å²) < 4.78 is 12.5. The number of hydrogen-bond donors (Lipinski definition) is 2. The summed E-state index contributed by atoms with van der Waals surface area (Å²) in [6.45, 7) is 2.47. The summed E-state index contributed by atoms with van der Waals surface area (Å²) in [5.41, 5.74) is 6.49. The predicted molar refractivity (Wildman–Crippen MR) is 128 cm³/mol. The molecule has 0 unspecified atom stereocenters. The van der Waals surface area contributed by atoms with E-state index < -0.39 is 11.6 Å². The molecular weight excluding hydrogens is 422 g/mol. The highest BCUT2D eigenvalue weighted by atomic mass is 16.5. The van der Waals surface area contributed by atoms with Gasteiger partial charge in [0.05, 0.1) is 63.2 Å². The highest BCUT2D eigenvalue weighted by molar-refractivity contribution is 6.32. The molecule has 0 atom stereocenters. The van der Waals surface area contributed by atoms with Gasteiger partial charge in [-0.15, -0.1) is 0 Å². The van der Waals surface area contributed by atoms with E-state index in [-0.39, 0.29) is 39.4 Å². The van der Waals surface area contributed by atoms with Crippen LogP contribution in [-0.2, 0) is 0 Å². The van der Waals surface area contributed by atoms with Crippen LogP contribution in [0.3, 0.4) is 0 Å². The van der Waals surface area contributed by atoms with Crippen LogP contribution in [0.1, 0.15) is 44.7 Å². The maximum atomic E-state index is 13.5. The molecule has 1 aliphatic rings. The Bertz CT molecular complexity index is 1060. The highest BCUT2D eigenvalue weighted by Gasteiger charge is 2.38. The second kappa shape index (κ2) is 9.80. The van der Waals surface area contributed by atoms with E-state index in [4.69, 9.17) is 15.2 Å². The summed E-state index contributed by atoms with van der Waals surface area (Å²) >= 11 is 0. The molecule has 2 aromatic carbocycles. The first-order valence-electron chi connectivity index (χ1n) is 11.1. The maximum Gasteiger partial charge on any atom is 0.202 e. The van der Waals surface area contributed by atoms with Gasteiger partial charge in [-0.2, -0.15) is 0 Å². The Kier molecular flexibility index (Phi) is 7.29. The van der Waals surface area contributed by atoms with Crippen molar-refractivity contribution in [2.24, 2.45) is 0 Å². The summed E-state index contributed by atoms with van der Waals surface area (Å²) in [6, 6.07) is 6.07. The molecule has 3 rings (SSSR count). The maximum absolute atomic E-state index is 13.5. The number of quaternary nitrogens is 1. The van der Waals surface area contributed by atoms with E-state index in [1.165, 1.54) is 12.1 Å². The van der Waals surface area contributed by atoms with E-state index >= 15 is 0 Å². The highest BCUT2D eigenvalue weighted by Crippen LogP contribution is 2.42. The topological polar surface area (TPSA) is 102 Å². The Morgan fingerprint density at radius 2 is 1.39 bits per heavy atom. The summed E-state index contributed by atoms with van der Waals surface area (Å²) in [5.74, 6) is -0.661. The van der Waals surface area contributed by atoms with Crippen molar-refractivity contribution in [2.75, 3.05) is 67.3 Å². The number of hydrogen-bond acceptors (Lipinski definition) is 7. The van der Waals surface area contributed by atoms with E-state index in [9.17, 15) is 14.7 Å². The van der Waals surface area contributed by atoms with Gasteiger partial charge in [-0.25, -0.2) is 0 Å². The Morgan fingerprint density at radius 3 is 2.00 bits per heavy atom. The standard InChI is InChI=1S/C25H33N3O5/c1-27(2)12-6-14-32-19-11-9-17(29)21-23(19)24(30)20-16(26)8-10-18(22(20)25(21)31)33-15-7-13-28(3,4)5/h8-11H,6-7,12-15H2,1-5H3,(H2-,26,29,30,31)/p+1. The fourth-order valence-electron chi connectivity index (χ4n) is 3.87. The number of benzene rings is 2. The van der Waals surface area contributed by atoms with Gasteiger partial charge < -0.3 is 29.7 Å². The van der Waals surface area contributed by atoms with Gasteiger partial charge in [0.1, 0.15) is 17.2 Å². The Morgan fingerprint density at radius 1 is 0.848 bits per heavy atom. The summed E-state index contributed by atoms with van der Waals surface area (Å²) in [5, 5.41) is 10.5. The quantitative estimate of drug-likeness (QED) is 0.275. The molecule has 0 heterocycles. The number of carbonyl (C=O) groups is 2. The van der Waals surface area contributed by atoms with E-state index in [1.54, 1.807) is 12.1 Å². The van der Waals surface area contributed by atoms with Crippen LogP contribution >= 0.6 is 0 Å². The molecule has 0 amide bonds. The van der Waals surface area contributed by atoms with Crippen LogP contribution in [0, 0.1) is 0 Å². The van der Waals surface area contributed by atoms with Crippen molar-refractivity contribution in [3.63, 3.8) is 0 Å². The average molecular weight is 457 g/mol. The number of phenols is 1. The predicted octanol–water partition coefficient (Wildman–Crippen LogP) is 2.56. The van der Waals surface area contributed by atoms with Crippen molar-refractivity contribution >= 4 is 17.3 Å². The first kappa shape index (κ1) is 24.5. The van der Waals surface area contributed by atoms with Crippen molar-refractivity contribution in [3.05, 3.63) is 46.5 Å². The Balaban J connectivity index is 1.94. The molecule has 8 nitrogen and oxygen atoms in total. The van der Waals surface area contributed by atoms with Crippen LogP contribution in [0.5, 0.6) is 17.2 Å². The first-order valence-corrected chi connectivity index (χ1v) is 11.1. The molecule has 0 spiro atoms. The number of aromatic hydroxyl groups is 1. The number of rotatable bonds is 10. The van der Waals surface area contributed by atoms with Gasteiger partial charge in [-0.1, -0.05) is 0 Å². The van der Waals surface area contributed by atoms with Crippen LogP contribution in [0.2, 0.25) is 0 Å². The number of anilines is 1. The van der Waals surface area contributed by atoms with Gasteiger partial charge in [0, 0.05) is 18.7 Å². The van der Waals surface area contributed by atoms with E-state index in [0.29, 0.717) is 19.0 Å². The lowest BCUT2D eigenvalue weighted by Crippen LogP contribution is -2.36. The molecule has 33 heavy (non-hydrogen) atoms. The zero-order valence-electron chi connectivity index (χ0n) is 20.1. The molecule has 0 radical (unpaired) electrons. The second-order valence-electron chi connectivity index (χ2n) is 9.62. The zero-order chi connectivity index (χ0) is 24.3. The fourth-order valence-corrected chi connectivity index (χ4v) is 3.87. The number of nitrogens with two attached hydrogens (primary N) is 1. The number of fused-ring (bicyclic) bond motifs is 2. The zero-order valence-corrected chi connectivity index (χ0v) is 20.1. The molecule has 2 aromatic rings. The first-order chi connectivity index (χ1) is 15.5. The minimum absolute atomic E-state index is 0.0474. The third-order valence-electron chi connectivity index (χ3n) is 5.49. The summed E-state index contributed by atoms with van der Waals surface area (Å²) in [6.07, 6.45) is 1.52. The molecule has 178 valence electrons. The molecule has 0 fully saturated rings. The molecule has 8 heteroatoms. The van der Waals surface area contributed by atoms with Crippen molar-refractivity contribution < 1.29 is 28.7 Å². The van der Waals surface area contributed by atoms with E-state index in [2.05, 4.69) is 21.1 Å². The van der Waals surface area contributed by atoms with Gasteiger partial charge in [0.25, 0.3) is 0 Å². The average Bonchev–Trinajstić information content (AvgIpc) is 2.73. The number of nitrogens with zero attached hydrogens (tertiary/aromatic N) is 2. The third-order valence-corrected chi connectivity index (χ3v) is 5.49. The van der Waals surface area contributed by atoms with E-state index in [1.807, 2.05) is 19.0 Å². The van der Waals surface area contributed by atoms with Gasteiger partial charge in [-0.3, -0.25) is 9.59 Å². The molecule has 0 aliphatic heterocycles. The lowest BCUT2D eigenvalue weighted by Gasteiger charge is -2.25. The van der Waals surface area contributed by atoms with Gasteiger partial charge in [-0.05, 0) is 44.8 Å². The second-order valence-corrected chi connectivity index (χ2v) is 9.62. The largest absolute Gasteiger partial charge is 0.507 e. The SMILES string of the molecule is CN(C)CCCOc1ccc(O)c2c1C(=O)c1c(N)ccc(OCCC[N+](C)(C)C)c1C2=O. The molecular formula is C25H34N3O5+. The van der Waals surface area contributed by atoms with Crippen molar-refractivity contribution in [2.45, 2.75) is 12.8 Å². The molecule has 1 aliphatic carbocycles. The van der Waals surface area contributed by atoms with Crippen molar-refractivity contribution in [1.82, 2.24) is 4.90 Å². The number of carbonyl (C=O) groups excluding carboxylic acids is 2. The van der Waals surface area contributed by atoms with Gasteiger partial charge in [0.15, 0.2) is 0 Å². The minimum Gasteiger partial charge on any atom is -0.507 e. The monoisotopic (exact) mass is 456 g/mol. The Labute approximate surface area is 195 Å². The van der Waals surface area contributed by atoms with Gasteiger partial charge >= 0.3 is 0 Å². The van der Waals surface area contributed by atoms with Gasteiger partial charge in [0.2, 0.25) is 11.6 Å². The number of ether oxygens (including phenoxy) is 2. The summed E-state index contributed by atoms with van der Waals surface area (Å²) in [7, 11) is 10.2. The molecule has 0 aromatic heterocycles. The number of ketones is 2. The summed E-state index contributed by atoms with van der Waals surface area (Å²) in [4.78, 5) is 29.0.